The molecule has 1 fully saturated rings. The highest BCUT2D eigenvalue weighted by Gasteiger charge is 2.61. The number of hydrogen-bond donors (Lipinski definition) is 1. The molecule has 1 rings (SSSR count). The number of carbonyl (C=O) groups is 2. The van der Waals surface area contributed by atoms with Gasteiger partial charge in [-0.3, -0.25) is 9.00 Å². The van der Waals surface area contributed by atoms with Gasteiger partial charge in [-0.25, -0.2) is 4.79 Å². The summed E-state index contributed by atoms with van der Waals surface area (Å²) >= 11 is 0. The van der Waals surface area contributed by atoms with Gasteiger partial charge in [0.05, 0.1) is 23.8 Å². The molecule has 0 bridgehead atoms. The summed E-state index contributed by atoms with van der Waals surface area (Å²) in [7, 11) is -0.278. The van der Waals surface area contributed by atoms with Crippen LogP contribution in [-0.2, 0) is 25.1 Å². The average molecular weight is 260 g/mol. The van der Waals surface area contributed by atoms with Crippen molar-refractivity contribution >= 4 is 22.7 Å². The summed E-state index contributed by atoms with van der Waals surface area (Å²) in [5.41, 5.74) is -0.412. The number of carbonyl (C=O) groups excluding carboxylic acids is 1. The molecule has 17 heavy (non-hydrogen) atoms. The van der Waals surface area contributed by atoms with Gasteiger partial charge in [0.2, 0.25) is 0 Å². The van der Waals surface area contributed by atoms with Gasteiger partial charge in [-0.2, -0.15) is 0 Å². The van der Waals surface area contributed by atoms with Gasteiger partial charge in [-0.05, 0) is 11.3 Å². The number of methoxy groups -OCH3 is 1. The molecule has 1 aliphatic carbocycles. The van der Waals surface area contributed by atoms with Crippen LogP contribution < -0.4 is 0 Å². The number of aliphatic carboxylic acids is 1. The maximum absolute atomic E-state index is 11.4. The Bertz CT molecular complexity index is 410. The third-order valence-corrected chi connectivity index (χ3v) is 4.13. The van der Waals surface area contributed by atoms with Crippen LogP contribution in [0.4, 0.5) is 0 Å². The van der Waals surface area contributed by atoms with Crippen molar-refractivity contribution in [2.75, 3.05) is 13.4 Å². The van der Waals surface area contributed by atoms with E-state index in [-0.39, 0.29) is 10.8 Å². The van der Waals surface area contributed by atoms with Crippen molar-refractivity contribution in [2.45, 2.75) is 13.8 Å². The van der Waals surface area contributed by atoms with Gasteiger partial charge >= 0.3 is 11.9 Å². The zero-order valence-electron chi connectivity index (χ0n) is 10.2. The topological polar surface area (TPSA) is 80.7 Å². The second kappa shape index (κ2) is 4.60. The molecule has 0 aliphatic heterocycles. The van der Waals surface area contributed by atoms with E-state index in [1.54, 1.807) is 13.8 Å². The predicted molar refractivity (Wildman–Crippen MR) is 62.6 cm³/mol. The summed E-state index contributed by atoms with van der Waals surface area (Å²) < 4.78 is 15.9. The van der Waals surface area contributed by atoms with Crippen molar-refractivity contribution in [3.63, 3.8) is 0 Å². The SMILES string of the molecule is COC(=O)/C(=C\C1C(C(=O)O)C1(C)C)S(C)=O. The molecule has 0 radical (unpaired) electrons. The minimum Gasteiger partial charge on any atom is -0.481 e. The van der Waals surface area contributed by atoms with E-state index in [1.807, 2.05) is 0 Å². The molecule has 1 aliphatic rings. The van der Waals surface area contributed by atoms with E-state index >= 15 is 0 Å². The standard InChI is InChI=1S/C11H16O5S/c1-11(2)6(8(11)9(12)13)5-7(17(4)15)10(14)16-3/h5-6,8H,1-4H3,(H,12,13)/b7-5+. The Labute approximate surface area is 102 Å². The van der Waals surface area contributed by atoms with Crippen LogP contribution in [0.15, 0.2) is 11.0 Å². The molecule has 3 atom stereocenters. The van der Waals surface area contributed by atoms with Gasteiger partial charge in [-0.15, -0.1) is 0 Å². The molecule has 0 saturated heterocycles. The third kappa shape index (κ3) is 2.57. The van der Waals surface area contributed by atoms with E-state index in [2.05, 4.69) is 4.74 Å². The number of carboxylic acid groups (broad SMARTS) is 1. The molecule has 0 aromatic rings. The van der Waals surface area contributed by atoms with Crippen LogP contribution in [0.5, 0.6) is 0 Å². The molecule has 0 spiro atoms. The molecule has 0 amide bonds. The minimum atomic E-state index is -1.48. The third-order valence-electron chi connectivity index (χ3n) is 3.20. The molecule has 3 unspecified atom stereocenters. The molecule has 1 N–H and O–H groups in total. The van der Waals surface area contributed by atoms with E-state index in [9.17, 15) is 13.8 Å². The van der Waals surface area contributed by atoms with Gasteiger partial charge < -0.3 is 9.84 Å². The lowest BCUT2D eigenvalue weighted by Gasteiger charge is -2.02. The molecule has 0 aromatic carbocycles. The summed E-state index contributed by atoms with van der Waals surface area (Å²) in [6.07, 6.45) is 2.84. The Morgan fingerprint density at radius 1 is 1.41 bits per heavy atom. The average Bonchev–Trinajstić information content (AvgIpc) is 2.75. The summed E-state index contributed by atoms with van der Waals surface area (Å²) in [5.74, 6) is -2.39. The highest BCUT2D eigenvalue weighted by Crippen LogP contribution is 2.59. The Kier molecular flexibility index (Phi) is 3.76. The molecule has 6 heteroatoms. The highest BCUT2D eigenvalue weighted by atomic mass is 32.2. The Morgan fingerprint density at radius 2 is 1.94 bits per heavy atom. The van der Waals surface area contributed by atoms with Crippen LogP contribution in [0.1, 0.15) is 13.8 Å². The smallest absolute Gasteiger partial charge is 0.346 e. The normalized spacial score (nSPS) is 28.4. The van der Waals surface area contributed by atoms with Crippen molar-refractivity contribution in [1.82, 2.24) is 0 Å². The van der Waals surface area contributed by atoms with Crippen LogP contribution in [0.2, 0.25) is 0 Å². The fraction of sp³-hybridized carbons (Fsp3) is 0.636. The van der Waals surface area contributed by atoms with Gasteiger partial charge in [0.25, 0.3) is 0 Å². The second-order valence-corrected chi connectivity index (χ2v) is 5.99. The Balaban J connectivity index is 2.99. The maximum atomic E-state index is 11.4. The van der Waals surface area contributed by atoms with Crippen LogP contribution in [0, 0.1) is 17.3 Å². The van der Waals surface area contributed by atoms with E-state index in [0.29, 0.717) is 0 Å². The van der Waals surface area contributed by atoms with Crippen LogP contribution in [0.25, 0.3) is 0 Å². The molecular weight excluding hydrogens is 244 g/mol. The van der Waals surface area contributed by atoms with Crippen LogP contribution in [0.3, 0.4) is 0 Å². The first-order valence-electron chi connectivity index (χ1n) is 5.09. The lowest BCUT2D eigenvalue weighted by Crippen LogP contribution is -2.10. The molecule has 1 saturated carbocycles. The quantitative estimate of drug-likeness (QED) is 0.596. The lowest BCUT2D eigenvalue weighted by atomic mass is 10.1. The molecular formula is C11H16O5S. The summed E-state index contributed by atoms with van der Waals surface area (Å²) in [6.45, 7) is 3.61. The summed E-state index contributed by atoms with van der Waals surface area (Å²) in [5, 5.41) is 8.99. The van der Waals surface area contributed by atoms with Gasteiger partial charge in [0.15, 0.2) is 0 Å². The van der Waals surface area contributed by atoms with Crippen molar-refractivity contribution < 1.29 is 23.6 Å². The fourth-order valence-electron chi connectivity index (χ4n) is 2.01. The monoisotopic (exact) mass is 260 g/mol. The number of rotatable bonds is 4. The Morgan fingerprint density at radius 3 is 2.24 bits per heavy atom. The molecule has 0 heterocycles. The number of hydrogen-bond acceptors (Lipinski definition) is 4. The van der Waals surface area contributed by atoms with E-state index < -0.39 is 34.1 Å². The van der Waals surface area contributed by atoms with Crippen molar-refractivity contribution in [1.29, 1.82) is 0 Å². The summed E-state index contributed by atoms with van der Waals surface area (Å²) in [4.78, 5) is 22.4. The predicted octanol–water partition coefficient (Wildman–Crippen LogP) is 0.779. The fourth-order valence-corrected chi connectivity index (χ4v) is 2.66. The van der Waals surface area contributed by atoms with E-state index in [4.69, 9.17) is 5.11 Å². The number of carboxylic acids is 1. The minimum absolute atomic E-state index is 0.0364. The zero-order chi connectivity index (χ0) is 13.4. The molecule has 5 nitrogen and oxygen atoms in total. The van der Waals surface area contributed by atoms with Crippen LogP contribution >= 0.6 is 0 Å². The number of allylic oxidation sites excluding steroid dienone is 1. The molecule has 96 valence electrons. The van der Waals surface area contributed by atoms with Crippen molar-refractivity contribution in [2.24, 2.45) is 17.3 Å². The number of esters is 1. The van der Waals surface area contributed by atoms with Crippen LogP contribution in [-0.4, -0.2) is 34.6 Å². The molecule has 0 aromatic heterocycles. The number of ether oxygens (including phenoxy) is 1. The zero-order valence-corrected chi connectivity index (χ0v) is 11.0. The first-order valence-corrected chi connectivity index (χ1v) is 6.65. The van der Waals surface area contributed by atoms with E-state index in [0.717, 1.165) is 0 Å². The lowest BCUT2D eigenvalue weighted by molar-refractivity contribution is -0.139. The van der Waals surface area contributed by atoms with Gasteiger partial charge in [0.1, 0.15) is 4.91 Å². The van der Waals surface area contributed by atoms with Crippen molar-refractivity contribution in [3.8, 4) is 0 Å². The Hall–Kier alpha value is -1.17. The maximum Gasteiger partial charge on any atom is 0.346 e. The van der Waals surface area contributed by atoms with Crippen molar-refractivity contribution in [3.05, 3.63) is 11.0 Å². The second-order valence-electron chi connectivity index (χ2n) is 4.64. The highest BCUT2D eigenvalue weighted by molar-refractivity contribution is 7.89. The summed E-state index contributed by atoms with van der Waals surface area (Å²) in [6, 6.07) is 0. The van der Waals surface area contributed by atoms with Gasteiger partial charge in [-0.1, -0.05) is 19.9 Å². The largest absolute Gasteiger partial charge is 0.481 e. The van der Waals surface area contributed by atoms with Gasteiger partial charge in [0, 0.05) is 6.26 Å². The first kappa shape index (κ1) is 13.9. The van der Waals surface area contributed by atoms with E-state index in [1.165, 1.54) is 19.4 Å². The first-order chi connectivity index (χ1) is 7.73.